The lowest BCUT2D eigenvalue weighted by molar-refractivity contribution is 0.0907. The summed E-state index contributed by atoms with van der Waals surface area (Å²) < 4.78 is 5.47. The maximum atomic E-state index is 12.6. The molecule has 4 heteroatoms. The Kier molecular flexibility index (Phi) is 7.99. The number of nitrogens with two attached hydrogens (primary N) is 1. The minimum Gasteiger partial charge on any atom is -0.448 e. The maximum Gasteiger partial charge on any atom is 0.410 e. The molecule has 25 heavy (non-hydrogen) atoms. The molecule has 4 nitrogen and oxygen atoms in total. The van der Waals surface area contributed by atoms with Crippen LogP contribution in [0.25, 0.3) is 0 Å². The molecule has 0 aliphatic heterocycles. The van der Waals surface area contributed by atoms with Gasteiger partial charge in [-0.2, -0.15) is 0 Å². The zero-order valence-electron chi connectivity index (χ0n) is 14.9. The summed E-state index contributed by atoms with van der Waals surface area (Å²) in [5.41, 5.74) is 8.17. The topological polar surface area (TPSA) is 55.6 Å². The van der Waals surface area contributed by atoms with Crippen molar-refractivity contribution in [1.29, 1.82) is 0 Å². The molecule has 2 rings (SSSR count). The molecule has 2 aromatic carbocycles. The van der Waals surface area contributed by atoms with Crippen LogP contribution in [0.15, 0.2) is 60.7 Å². The molecule has 0 unspecified atom stereocenters. The number of ether oxygens (including phenoxy) is 1. The van der Waals surface area contributed by atoms with Crippen molar-refractivity contribution < 1.29 is 9.53 Å². The largest absolute Gasteiger partial charge is 0.448 e. The number of benzene rings is 2. The second-order valence-electron chi connectivity index (χ2n) is 6.31. The molecule has 0 radical (unpaired) electrons. The van der Waals surface area contributed by atoms with Crippen LogP contribution in [0.4, 0.5) is 4.79 Å². The van der Waals surface area contributed by atoms with Gasteiger partial charge in [0.05, 0.1) is 0 Å². The van der Waals surface area contributed by atoms with Gasteiger partial charge in [0, 0.05) is 19.1 Å². The molecule has 0 fully saturated rings. The summed E-state index contributed by atoms with van der Waals surface area (Å²) >= 11 is 0. The van der Waals surface area contributed by atoms with Gasteiger partial charge in [0.25, 0.3) is 0 Å². The summed E-state index contributed by atoms with van der Waals surface area (Å²) in [5.74, 6) is 0. The number of amides is 1. The lowest BCUT2D eigenvalue weighted by atomic mass is 10.1. The number of rotatable bonds is 9. The van der Waals surface area contributed by atoms with E-state index < -0.39 is 0 Å². The van der Waals surface area contributed by atoms with Gasteiger partial charge < -0.3 is 10.5 Å². The molecule has 2 N–H and O–H groups in total. The number of carbonyl (C=O) groups excluding carboxylic acids is 1. The number of carbonyl (C=O) groups is 1. The monoisotopic (exact) mass is 340 g/mol. The Morgan fingerprint density at radius 2 is 1.52 bits per heavy atom. The van der Waals surface area contributed by atoms with Crippen molar-refractivity contribution in [3.05, 3.63) is 71.8 Å². The molecular formula is C21H28N2O2. The minimum atomic E-state index is -0.320. The first-order valence-electron chi connectivity index (χ1n) is 8.94. The molecule has 0 bridgehead atoms. The first-order chi connectivity index (χ1) is 12.2. The van der Waals surface area contributed by atoms with Gasteiger partial charge in [-0.25, -0.2) is 4.79 Å². The fourth-order valence-corrected chi connectivity index (χ4v) is 2.61. The summed E-state index contributed by atoms with van der Waals surface area (Å²) in [6, 6.07) is 19.8. The first-order valence-corrected chi connectivity index (χ1v) is 8.94. The number of nitrogens with zero attached hydrogens (tertiary/aromatic N) is 1. The number of unbranched alkanes of at least 4 members (excludes halogenated alkanes) is 1. The Labute approximate surface area is 150 Å². The van der Waals surface area contributed by atoms with Gasteiger partial charge in [-0.3, -0.25) is 4.90 Å². The van der Waals surface area contributed by atoms with E-state index in [-0.39, 0.29) is 18.7 Å². The molecule has 0 aliphatic rings. The van der Waals surface area contributed by atoms with E-state index in [4.69, 9.17) is 10.5 Å². The SMILES string of the molecule is CCCC[C@H](N)COC(=O)N(Cc1ccccc1)Cc1ccccc1. The standard InChI is InChI=1S/C21H28N2O2/c1-2-3-14-20(22)17-25-21(24)23(15-18-10-6-4-7-11-18)16-19-12-8-5-9-13-19/h4-13,20H,2-3,14-17,22H2,1H3/t20-/m0/s1. The molecule has 0 saturated carbocycles. The van der Waals surface area contributed by atoms with Crippen LogP contribution in [-0.2, 0) is 17.8 Å². The van der Waals surface area contributed by atoms with E-state index in [9.17, 15) is 4.79 Å². The van der Waals surface area contributed by atoms with Gasteiger partial charge >= 0.3 is 6.09 Å². The molecule has 134 valence electrons. The average molecular weight is 340 g/mol. The highest BCUT2D eigenvalue weighted by atomic mass is 16.6. The number of hydrogen-bond acceptors (Lipinski definition) is 3. The smallest absolute Gasteiger partial charge is 0.410 e. The van der Waals surface area contributed by atoms with E-state index in [1.165, 1.54) is 0 Å². The maximum absolute atomic E-state index is 12.6. The van der Waals surface area contributed by atoms with Crippen molar-refractivity contribution >= 4 is 6.09 Å². The summed E-state index contributed by atoms with van der Waals surface area (Å²) in [5, 5.41) is 0. The molecule has 1 amide bonds. The minimum absolute atomic E-state index is 0.0980. The summed E-state index contributed by atoms with van der Waals surface area (Å²) in [6.07, 6.45) is 2.70. The highest BCUT2D eigenvalue weighted by Gasteiger charge is 2.17. The predicted molar refractivity (Wildman–Crippen MR) is 101 cm³/mol. The molecular weight excluding hydrogens is 312 g/mol. The van der Waals surface area contributed by atoms with Crippen molar-refractivity contribution in [2.24, 2.45) is 5.73 Å². The second-order valence-corrected chi connectivity index (χ2v) is 6.31. The highest BCUT2D eigenvalue weighted by Crippen LogP contribution is 2.12. The van der Waals surface area contributed by atoms with E-state index in [2.05, 4.69) is 6.92 Å². The molecule has 0 heterocycles. The van der Waals surface area contributed by atoms with Gasteiger partial charge in [0.15, 0.2) is 0 Å². The summed E-state index contributed by atoms with van der Waals surface area (Å²) in [4.78, 5) is 14.3. The van der Waals surface area contributed by atoms with Crippen LogP contribution in [0.3, 0.4) is 0 Å². The molecule has 2 aromatic rings. The lowest BCUT2D eigenvalue weighted by Gasteiger charge is -2.23. The van der Waals surface area contributed by atoms with Crippen LogP contribution in [-0.4, -0.2) is 23.6 Å². The fourth-order valence-electron chi connectivity index (χ4n) is 2.61. The quantitative estimate of drug-likeness (QED) is 0.738. The average Bonchev–Trinajstić information content (AvgIpc) is 2.65. The highest BCUT2D eigenvalue weighted by molar-refractivity contribution is 5.67. The van der Waals surface area contributed by atoms with Crippen LogP contribution in [0.1, 0.15) is 37.3 Å². The van der Waals surface area contributed by atoms with E-state index >= 15 is 0 Å². The molecule has 0 saturated heterocycles. The predicted octanol–water partition coefficient (Wildman–Crippen LogP) is 4.34. The second kappa shape index (κ2) is 10.5. The van der Waals surface area contributed by atoms with E-state index in [0.29, 0.717) is 13.1 Å². The van der Waals surface area contributed by atoms with Crippen molar-refractivity contribution in [3.63, 3.8) is 0 Å². The Morgan fingerprint density at radius 3 is 2.00 bits per heavy atom. The normalized spacial score (nSPS) is 11.8. The van der Waals surface area contributed by atoms with E-state index in [0.717, 1.165) is 30.4 Å². The zero-order valence-corrected chi connectivity index (χ0v) is 14.9. The van der Waals surface area contributed by atoms with Crippen LogP contribution >= 0.6 is 0 Å². The number of hydrogen-bond donors (Lipinski definition) is 1. The summed E-state index contributed by atoms with van der Waals surface area (Å²) in [7, 11) is 0. The molecule has 0 spiro atoms. The lowest BCUT2D eigenvalue weighted by Crippen LogP contribution is -2.35. The van der Waals surface area contributed by atoms with E-state index in [1.807, 2.05) is 60.7 Å². The van der Waals surface area contributed by atoms with Crippen LogP contribution < -0.4 is 5.73 Å². The third kappa shape index (κ3) is 6.98. The Balaban J connectivity index is 1.98. The molecule has 1 atom stereocenters. The van der Waals surface area contributed by atoms with Crippen molar-refractivity contribution in [1.82, 2.24) is 4.90 Å². The van der Waals surface area contributed by atoms with Gasteiger partial charge in [-0.05, 0) is 17.5 Å². The summed E-state index contributed by atoms with van der Waals surface area (Å²) in [6.45, 7) is 3.41. The van der Waals surface area contributed by atoms with Gasteiger partial charge in [-0.15, -0.1) is 0 Å². The molecule has 0 aromatic heterocycles. The fraction of sp³-hybridized carbons (Fsp3) is 0.381. The third-order valence-corrected chi connectivity index (χ3v) is 4.04. The van der Waals surface area contributed by atoms with Gasteiger partial charge in [0.1, 0.15) is 6.61 Å². The van der Waals surface area contributed by atoms with Crippen LogP contribution in [0.2, 0.25) is 0 Å². The van der Waals surface area contributed by atoms with Gasteiger partial charge in [0.2, 0.25) is 0 Å². The van der Waals surface area contributed by atoms with Crippen molar-refractivity contribution in [2.75, 3.05) is 6.61 Å². The zero-order chi connectivity index (χ0) is 17.9. The van der Waals surface area contributed by atoms with Crippen molar-refractivity contribution in [3.8, 4) is 0 Å². The van der Waals surface area contributed by atoms with Crippen LogP contribution in [0.5, 0.6) is 0 Å². The molecule has 0 aliphatic carbocycles. The Bertz CT molecular complexity index is 575. The first kappa shape index (κ1) is 19.0. The van der Waals surface area contributed by atoms with Gasteiger partial charge in [-0.1, -0.05) is 80.4 Å². The third-order valence-electron chi connectivity index (χ3n) is 4.04. The van der Waals surface area contributed by atoms with Crippen LogP contribution in [0, 0.1) is 0 Å². The van der Waals surface area contributed by atoms with E-state index in [1.54, 1.807) is 4.90 Å². The Hall–Kier alpha value is -2.33. The van der Waals surface area contributed by atoms with Crippen molar-refractivity contribution in [2.45, 2.75) is 45.3 Å². The Morgan fingerprint density at radius 1 is 1.00 bits per heavy atom.